The first-order valence-corrected chi connectivity index (χ1v) is 4.13. The normalized spacial score (nSPS) is 11.9. The van der Waals surface area contributed by atoms with Crippen molar-refractivity contribution in [2.45, 2.75) is 6.18 Å². The first-order valence-electron chi connectivity index (χ1n) is 4.13. The molecule has 2 rings (SSSR count). The number of rotatable bonds is 0. The van der Waals surface area contributed by atoms with E-state index in [1.165, 1.54) is 12.1 Å². The number of aromatic nitrogens is 1. The van der Waals surface area contributed by atoms with E-state index >= 15 is 0 Å². The van der Waals surface area contributed by atoms with E-state index in [0.29, 0.717) is 0 Å². The van der Waals surface area contributed by atoms with Gasteiger partial charge in [-0.15, -0.1) is 0 Å². The van der Waals surface area contributed by atoms with Crippen LogP contribution < -0.4 is 0 Å². The number of hydrogen-bond acceptors (Lipinski definition) is 2. The van der Waals surface area contributed by atoms with E-state index in [1.54, 1.807) is 0 Å². The van der Waals surface area contributed by atoms with Gasteiger partial charge in [-0.2, -0.15) is 13.2 Å². The number of fused-ring (bicyclic) bond motifs is 1. The highest BCUT2D eigenvalue weighted by Gasteiger charge is 2.32. The predicted molar refractivity (Wildman–Crippen MR) is 48.4 cm³/mol. The monoisotopic (exact) mass is 213 g/mol. The molecule has 0 radical (unpaired) electrons. The molecule has 1 N–H and O–H groups in total. The van der Waals surface area contributed by atoms with E-state index < -0.39 is 11.7 Å². The summed E-state index contributed by atoms with van der Waals surface area (Å²) in [5.41, 5.74) is -0.789. The smallest absolute Gasteiger partial charge is 0.417 e. The van der Waals surface area contributed by atoms with Crippen molar-refractivity contribution in [3.8, 4) is 5.75 Å². The summed E-state index contributed by atoms with van der Waals surface area (Å²) in [5.74, 6) is -0.251. The predicted octanol–water partition coefficient (Wildman–Crippen LogP) is 2.96. The molecule has 1 aromatic carbocycles. The summed E-state index contributed by atoms with van der Waals surface area (Å²) in [6.45, 7) is 0. The van der Waals surface area contributed by atoms with Gasteiger partial charge >= 0.3 is 6.18 Å². The maximum Gasteiger partial charge on any atom is 0.417 e. The Morgan fingerprint density at radius 1 is 1.07 bits per heavy atom. The Morgan fingerprint density at radius 2 is 1.80 bits per heavy atom. The SMILES string of the molecule is Oc1cncc2c(C(F)(F)F)cccc12. The molecule has 1 aromatic heterocycles. The van der Waals surface area contributed by atoms with Crippen LogP contribution in [-0.4, -0.2) is 10.1 Å². The van der Waals surface area contributed by atoms with Gasteiger partial charge in [0.05, 0.1) is 11.8 Å². The van der Waals surface area contributed by atoms with Crippen molar-refractivity contribution in [2.24, 2.45) is 0 Å². The lowest BCUT2D eigenvalue weighted by Crippen LogP contribution is -2.05. The average Bonchev–Trinajstić information content (AvgIpc) is 2.16. The first-order chi connectivity index (χ1) is 7.00. The van der Waals surface area contributed by atoms with Crippen molar-refractivity contribution in [1.29, 1.82) is 0 Å². The van der Waals surface area contributed by atoms with Crippen molar-refractivity contribution in [1.82, 2.24) is 4.98 Å². The number of pyridine rings is 1. The molecule has 78 valence electrons. The molecule has 15 heavy (non-hydrogen) atoms. The maximum atomic E-state index is 12.5. The fourth-order valence-corrected chi connectivity index (χ4v) is 1.43. The molecular weight excluding hydrogens is 207 g/mol. The van der Waals surface area contributed by atoms with Crippen LogP contribution in [0.5, 0.6) is 5.75 Å². The molecule has 0 unspecified atom stereocenters. The lowest BCUT2D eigenvalue weighted by atomic mass is 10.1. The van der Waals surface area contributed by atoms with Gasteiger partial charge in [-0.05, 0) is 6.07 Å². The zero-order valence-electron chi connectivity index (χ0n) is 7.42. The van der Waals surface area contributed by atoms with E-state index in [9.17, 15) is 18.3 Å². The van der Waals surface area contributed by atoms with Crippen LogP contribution >= 0.6 is 0 Å². The van der Waals surface area contributed by atoms with Crippen molar-refractivity contribution < 1.29 is 18.3 Å². The van der Waals surface area contributed by atoms with Crippen LogP contribution in [0.1, 0.15) is 5.56 Å². The van der Waals surface area contributed by atoms with Crippen molar-refractivity contribution >= 4 is 10.8 Å². The highest BCUT2D eigenvalue weighted by Crippen LogP contribution is 2.36. The Kier molecular flexibility index (Phi) is 2.03. The van der Waals surface area contributed by atoms with Gasteiger partial charge in [0.2, 0.25) is 0 Å². The molecule has 0 atom stereocenters. The van der Waals surface area contributed by atoms with Crippen LogP contribution in [0.15, 0.2) is 30.6 Å². The standard InChI is InChI=1S/C10H6F3NO/c11-10(12,13)8-3-1-2-6-7(8)4-14-5-9(6)15/h1-5,15H. The summed E-state index contributed by atoms with van der Waals surface area (Å²) in [7, 11) is 0. The van der Waals surface area contributed by atoms with Crippen LogP contribution in [0.2, 0.25) is 0 Å². The van der Waals surface area contributed by atoms with E-state index in [4.69, 9.17) is 0 Å². The molecule has 2 aromatic rings. The number of alkyl halides is 3. The molecule has 1 heterocycles. The second-order valence-electron chi connectivity index (χ2n) is 3.06. The van der Waals surface area contributed by atoms with Gasteiger partial charge in [-0.3, -0.25) is 4.98 Å². The molecule has 0 saturated carbocycles. The quantitative estimate of drug-likeness (QED) is 0.729. The molecule has 0 spiro atoms. The third-order valence-electron chi connectivity index (χ3n) is 2.09. The summed E-state index contributed by atoms with van der Waals surface area (Å²) < 4.78 is 37.6. The topological polar surface area (TPSA) is 33.1 Å². The molecule has 0 bridgehead atoms. The summed E-state index contributed by atoms with van der Waals surface area (Å²) >= 11 is 0. The molecule has 5 heteroatoms. The number of nitrogens with zero attached hydrogens (tertiary/aromatic N) is 1. The van der Waals surface area contributed by atoms with E-state index in [2.05, 4.69) is 4.98 Å². The minimum Gasteiger partial charge on any atom is -0.506 e. The van der Waals surface area contributed by atoms with Crippen LogP contribution in [0.4, 0.5) is 13.2 Å². The van der Waals surface area contributed by atoms with Gasteiger partial charge < -0.3 is 5.11 Å². The number of hydrogen-bond donors (Lipinski definition) is 1. The van der Waals surface area contributed by atoms with Crippen molar-refractivity contribution in [3.63, 3.8) is 0 Å². The first kappa shape index (κ1) is 9.76. The summed E-state index contributed by atoms with van der Waals surface area (Å²) in [5, 5.41) is 9.39. The molecular formula is C10H6F3NO. The second-order valence-corrected chi connectivity index (χ2v) is 3.06. The van der Waals surface area contributed by atoms with Crippen LogP contribution in [0, 0.1) is 0 Å². The second kappa shape index (κ2) is 3.12. The third-order valence-corrected chi connectivity index (χ3v) is 2.09. The van der Waals surface area contributed by atoms with E-state index in [0.717, 1.165) is 18.5 Å². The van der Waals surface area contributed by atoms with Gasteiger partial charge in [0, 0.05) is 17.0 Å². The van der Waals surface area contributed by atoms with E-state index in [1.807, 2.05) is 0 Å². The molecule has 0 aliphatic carbocycles. The van der Waals surface area contributed by atoms with Crippen LogP contribution in [0.25, 0.3) is 10.8 Å². The summed E-state index contributed by atoms with van der Waals surface area (Å²) in [6, 6.07) is 3.63. The Balaban J connectivity index is 2.83. The highest BCUT2D eigenvalue weighted by molar-refractivity contribution is 5.90. The minimum atomic E-state index is -4.44. The van der Waals surface area contributed by atoms with E-state index in [-0.39, 0.29) is 16.5 Å². The van der Waals surface area contributed by atoms with Crippen molar-refractivity contribution in [2.75, 3.05) is 0 Å². The van der Waals surface area contributed by atoms with Gasteiger partial charge in [0.1, 0.15) is 5.75 Å². The fraction of sp³-hybridized carbons (Fsp3) is 0.100. The maximum absolute atomic E-state index is 12.5. The molecule has 0 saturated heterocycles. The van der Waals surface area contributed by atoms with Crippen LogP contribution in [-0.2, 0) is 6.18 Å². The highest BCUT2D eigenvalue weighted by atomic mass is 19.4. The number of aromatic hydroxyl groups is 1. The summed E-state index contributed by atoms with van der Waals surface area (Å²) in [4.78, 5) is 3.54. The number of benzene rings is 1. The molecule has 0 aliphatic heterocycles. The Bertz CT molecular complexity index is 507. The minimum absolute atomic E-state index is 0.0926. The van der Waals surface area contributed by atoms with Gasteiger partial charge in [0.25, 0.3) is 0 Å². The molecule has 0 fully saturated rings. The molecule has 0 amide bonds. The lowest BCUT2D eigenvalue weighted by molar-refractivity contribution is -0.136. The lowest BCUT2D eigenvalue weighted by Gasteiger charge is -2.09. The van der Waals surface area contributed by atoms with Gasteiger partial charge in [-0.25, -0.2) is 0 Å². The zero-order valence-corrected chi connectivity index (χ0v) is 7.42. The van der Waals surface area contributed by atoms with Crippen LogP contribution in [0.3, 0.4) is 0 Å². The van der Waals surface area contributed by atoms with Gasteiger partial charge in [0.15, 0.2) is 0 Å². The zero-order chi connectivity index (χ0) is 11.1. The van der Waals surface area contributed by atoms with Gasteiger partial charge in [-0.1, -0.05) is 12.1 Å². The Hall–Kier alpha value is -1.78. The Labute approximate surface area is 83.0 Å². The Morgan fingerprint density at radius 3 is 2.47 bits per heavy atom. The third kappa shape index (κ3) is 1.60. The average molecular weight is 213 g/mol. The fourth-order valence-electron chi connectivity index (χ4n) is 1.43. The largest absolute Gasteiger partial charge is 0.506 e. The molecule has 0 aliphatic rings. The number of halogens is 3. The molecule has 2 nitrogen and oxygen atoms in total. The van der Waals surface area contributed by atoms with Crippen molar-refractivity contribution in [3.05, 3.63) is 36.2 Å². The summed E-state index contributed by atoms with van der Waals surface area (Å²) in [6.07, 6.45) is -2.23.